The summed E-state index contributed by atoms with van der Waals surface area (Å²) in [7, 11) is 2.13. The highest BCUT2D eigenvalue weighted by Gasteiger charge is 2.04. The van der Waals surface area contributed by atoms with Crippen LogP contribution in [0.1, 0.15) is 25.5 Å². The molecule has 0 atom stereocenters. The average Bonchev–Trinajstić information content (AvgIpc) is 2.77. The van der Waals surface area contributed by atoms with Gasteiger partial charge < -0.3 is 14.4 Å². The van der Waals surface area contributed by atoms with Gasteiger partial charge in [0.25, 0.3) is 5.56 Å². The maximum atomic E-state index is 12.5. The van der Waals surface area contributed by atoms with E-state index in [2.05, 4.69) is 23.9 Å². The summed E-state index contributed by atoms with van der Waals surface area (Å²) in [6.07, 6.45) is 5.40. The zero-order valence-corrected chi connectivity index (χ0v) is 18.7. The molecule has 0 spiro atoms. The molecule has 2 heterocycles. The van der Waals surface area contributed by atoms with E-state index in [0.29, 0.717) is 17.4 Å². The largest absolute Gasteiger partial charge is 0.494 e. The molecule has 0 saturated heterocycles. The number of aromatic nitrogens is 2. The van der Waals surface area contributed by atoms with E-state index in [0.717, 1.165) is 43.1 Å². The minimum Gasteiger partial charge on any atom is -0.494 e. The Morgan fingerprint density at radius 3 is 2.52 bits per heavy atom. The summed E-state index contributed by atoms with van der Waals surface area (Å²) in [5.74, 6) is 1.29. The van der Waals surface area contributed by atoms with Gasteiger partial charge in [0.05, 0.1) is 17.3 Å². The zero-order chi connectivity index (χ0) is 22.1. The van der Waals surface area contributed by atoms with Gasteiger partial charge in [-0.05, 0) is 68.9 Å². The fourth-order valence-corrected chi connectivity index (χ4v) is 3.25. The summed E-state index contributed by atoms with van der Waals surface area (Å²) in [6, 6.07) is 14.3. The molecule has 0 aliphatic rings. The Hall–Kier alpha value is -2.83. The van der Waals surface area contributed by atoms with E-state index in [9.17, 15) is 4.79 Å². The van der Waals surface area contributed by atoms with E-state index >= 15 is 0 Å². The van der Waals surface area contributed by atoms with Crippen molar-refractivity contribution in [2.75, 3.05) is 26.7 Å². The highest BCUT2D eigenvalue weighted by molar-refractivity contribution is 6.30. The molecule has 0 aliphatic carbocycles. The molecule has 0 fully saturated rings. The number of benzene rings is 1. The van der Waals surface area contributed by atoms with Crippen molar-refractivity contribution < 1.29 is 9.47 Å². The first-order valence-corrected chi connectivity index (χ1v) is 10.8. The van der Waals surface area contributed by atoms with Crippen molar-refractivity contribution in [2.24, 2.45) is 0 Å². The van der Waals surface area contributed by atoms with Crippen LogP contribution in [0.2, 0.25) is 5.02 Å². The Balaban J connectivity index is 1.53. The summed E-state index contributed by atoms with van der Waals surface area (Å²) >= 11 is 5.83. The maximum absolute atomic E-state index is 12.5. The van der Waals surface area contributed by atoms with Crippen LogP contribution in [0, 0.1) is 0 Å². The summed E-state index contributed by atoms with van der Waals surface area (Å²) in [5, 5.41) is 0.572. The molecular weight excluding hydrogens is 414 g/mol. The number of nitrogens with zero attached hydrogens (tertiary/aromatic N) is 3. The zero-order valence-electron chi connectivity index (χ0n) is 18.0. The topological polar surface area (TPSA) is 56.6 Å². The summed E-state index contributed by atoms with van der Waals surface area (Å²) in [6.45, 7) is 5.23. The SMILES string of the molecule is CCCN(C)CCCOc1ccc(-n2ccc(OCc3ccc(Cl)cn3)cc2=O)cc1. The average molecular weight is 442 g/mol. The van der Waals surface area contributed by atoms with E-state index in [1.54, 1.807) is 35.2 Å². The molecule has 0 amide bonds. The highest BCUT2D eigenvalue weighted by Crippen LogP contribution is 2.16. The third kappa shape index (κ3) is 7.12. The lowest BCUT2D eigenvalue weighted by Gasteiger charge is -2.15. The molecule has 1 aromatic carbocycles. The summed E-state index contributed by atoms with van der Waals surface area (Å²) in [5.41, 5.74) is 1.33. The van der Waals surface area contributed by atoms with Gasteiger partial charge >= 0.3 is 0 Å². The normalized spacial score (nSPS) is 11.0. The molecule has 2 aromatic heterocycles. The van der Waals surface area contributed by atoms with Crippen LogP contribution in [0.3, 0.4) is 0 Å². The van der Waals surface area contributed by atoms with Crippen LogP contribution in [0.5, 0.6) is 11.5 Å². The highest BCUT2D eigenvalue weighted by atomic mass is 35.5. The first-order valence-electron chi connectivity index (χ1n) is 10.4. The van der Waals surface area contributed by atoms with Crippen LogP contribution in [-0.2, 0) is 6.61 Å². The van der Waals surface area contributed by atoms with Gasteiger partial charge in [0.1, 0.15) is 18.1 Å². The van der Waals surface area contributed by atoms with Gasteiger partial charge in [-0.2, -0.15) is 0 Å². The van der Waals surface area contributed by atoms with Crippen molar-refractivity contribution in [3.05, 3.63) is 82.0 Å². The van der Waals surface area contributed by atoms with Gasteiger partial charge in [-0.1, -0.05) is 18.5 Å². The van der Waals surface area contributed by atoms with E-state index in [4.69, 9.17) is 21.1 Å². The monoisotopic (exact) mass is 441 g/mol. The second-order valence-corrected chi connectivity index (χ2v) is 7.76. The Labute approximate surface area is 188 Å². The number of hydrogen-bond acceptors (Lipinski definition) is 5. The lowest BCUT2D eigenvalue weighted by atomic mass is 10.3. The molecule has 3 aromatic rings. The fraction of sp³-hybridized carbons (Fsp3) is 0.333. The molecule has 0 saturated carbocycles. The van der Waals surface area contributed by atoms with E-state index < -0.39 is 0 Å². The third-order valence-corrected chi connectivity index (χ3v) is 4.96. The molecule has 0 unspecified atom stereocenters. The van der Waals surface area contributed by atoms with Crippen molar-refractivity contribution in [2.45, 2.75) is 26.4 Å². The molecule has 0 N–H and O–H groups in total. The standard InChI is InChI=1S/C24H28ClN3O3/c1-3-12-27(2)13-4-15-30-22-9-7-21(8-10-22)28-14-11-23(16-24(28)29)31-18-20-6-5-19(25)17-26-20/h5-11,14,16-17H,3-4,12-13,15,18H2,1-2H3. The second kappa shape index (κ2) is 11.5. The molecule has 6 nitrogen and oxygen atoms in total. The number of hydrogen-bond donors (Lipinski definition) is 0. The molecular formula is C24H28ClN3O3. The van der Waals surface area contributed by atoms with Crippen LogP contribution in [0.15, 0.2) is 65.7 Å². The van der Waals surface area contributed by atoms with Crippen LogP contribution < -0.4 is 15.0 Å². The summed E-state index contributed by atoms with van der Waals surface area (Å²) in [4.78, 5) is 19.0. The predicted molar refractivity (Wildman–Crippen MR) is 124 cm³/mol. The van der Waals surface area contributed by atoms with Gasteiger partial charge in [-0.15, -0.1) is 0 Å². The molecule has 0 bridgehead atoms. The summed E-state index contributed by atoms with van der Waals surface area (Å²) < 4.78 is 13.0. The Bertz CT molecular complexity index is 1000. The van der Waals surface area contributed by atoms with Gasteiger partial charge in [0, 0.05) is 30.7 Å². The van der Waals surface area contributed by atoms with E-state index in [1.165, 1.54) is 6.07 Å². The Kier molecular flexibility index (Phi) is 8.50. The van der Waals surface area contributed by atoms with Crippen molar-refractivity contribution >= 4 is 11.6 Å². The second-order valence-electron chi connectivity index (χ2n) is 7.33. The Morgan fingerprint density at radius 2 is 1.84 bits per heavy atom. The number of rotatable bonds is 11. The molecule has 0 aliphatic heterocycles. The number of halogens is 1. The van der Waals surface area contributed by atoms with Gasteiger partial charge in [0.2, 0.25) is 0 Å². The van der Waals surface area contributed by atoms with Crippen LogP contribution >= 0.6 is 11.6 Å². The first-order chi connectivity index (χ1) is 15.0. The molecule has 3 rings (SSSR count). The van der Waals surface area contributed by atoms with Gasteiger partial charge in [-0.3, -0.25) is 14.3 Å². The molecule has 7 heteroatoms. The molecule has 0 radical (unpaired) electrons. The fourth-order valence-electron chi connectivity index (χ4n) is 3.13. The first kappa shape index (κ1) is 22.8. The lowest BCUT2D eigenvalue weighted by Crippen LogP contribution is -2.21. The smallest absolute Gasteiger partial charge is 0.258 e. The Morgan fingerprint density at radius 1 is 1.03 bits per heavy atom. The van der Waals surface area contributed by atoms with Crippen molar-refractivity contribution in [3.8, 4) is 17.2 Å². The van der Waals surface area contributed by atoms with Crippen molar-refractivity contribution in [3.63, 3.8) is 0 Å². The lowest BCUT2D eigenvalue weighted by molar-refractivity contribution is 0.263. The minimum absolute atomic E-state index is 0.172. The van der Waals surface area contributed by atoms with Crippen molar-refractivity contribution in [1.29, 1.82) is 0 Å². The minimum atomic E-state index is -0.172. The van der Waals surface area contributed by atoms with Crippen LogP contribution in [-0.4, -0.2) is 41.2 Å². The number of ether oxygens (including phenoxy) is 2. The van der Waals surface area contributed by atoms with Gasteiger partial charge in [0.15, 0.2) is 0 Å². The van der Waals surface area contributed by atoms with Crippen LogP contribution in [0.4, 0.5) is 0 Å². The van der Waals surface area contributed by atoms with Crippen molar-refractivity contribution in [1.82, 2.24) is 14.5 Å². The maximum Gasteiger partial charge on any atom is 0.258 e. The molecule has 164 valence electrons. The van der Waals surface area contributed by atoms with E-state index in [-0.39, 0.29) is 12.2 Å². The quantitative estimate of drug-likeness (QED) is 0.408. The number of pyridine rings is 2. The van der Waals surface area contributed by atoms with E-state index in [1.807, 2.05) is 24.3 Å². The third-order valence-electron chi connectivity index (χ3n) is 4.74. The molecule has 31 heavy (non-hydrogen) atoms. The van der Waals surface area contributed by atoms with Gasteiger partial charge in [-0.25, -0.2) is 0 Å². The predicted octanol–water partition coefficient (Wildman–Crippen LogP) is 4.58. The van der Waals surface area contributed by atoms with Crippen LogP contribution in [0.25, 0.3) is 5.69 Å².